The number of nitrogens with zero attached hydrogens (tertiary/aromatic N) is 1. The van der Waals surface area contributed by atoms with Crippen LogP contribution in [0, 0.1) is 24.0 Å². The summed E-state index contributed by atoms with van der Waals surface area (Å²) in [4.78, 5) is 35.3. The second kappa shape index (κ2) is 7.96. The third-order valence-electron chi connectivity index (χ3n) is 3.54. The van der Waals surface area contributed by atoms with Crippen molar-refractivity contribution >= 4 is 33.9 Å². The lowest BCUT2D eigenvalue weighted by molar-refractivity contribution is -0.385. The third-order valence-corrected chi connectivity index (χ3v) is 4.51. The van der Waals surface area contributed by atoms with Gasteiger partial charge in [0, 0.05) is 16.5 Å². The van der Waals surface area contributed by atoms with Gasteiger partial charge >= 0.3 is 5.97 Å². The zero-order valence-corrected chi connectivity index (χ0v) is 15.5. The number of methoxy groups -OCH3 is 1. The Kier molecular flexibility index (Phi) is 5.93. The van der Waals surface area contributed by atoms with E-state index in [0.29, 0.717) is 16.3 Å². The molecular weight excluding hydrogens is 360 g/mol. The van der Waals surface area contributed by atoms with Crippen molar-refractivity contribution in [3.05, 3.63) is 50.4 Å². The van der Waals surface area contributed by atoms with Crippen LogP contribution in [0.25, 0.3) is 0 Å². The fourth-order valence-electron chi connectivity index (χ4n) is 2.25. The minimum Gasteiger partial charge on any atom is -0.481 e. The van der Waals surface area contributed by atoms with Gasteiger partial charge in [0.2, 0.25) is 0 Å². The number of nitrogens with one attached hydrogen (secondary N) is 1. The summed E-state index contributed by atoms with van der Waals surface area (Å²) >= 11 is 1.25. The maximum Gasteiger partial charge on any atom is 0.340 e. The number of nitro benzene ring substituents is 1. The first-order valence-corrected chi connectivity index (χ1v) is 8.46. The summed E-state index contributed by atoms with van der Waals surface area (Å²) in [7, 11) is 1.27. The number of carbonyl (C=O) groups is 2. The van der Waals surface area contributed by atoms with E-state index in [1.807, 2.05) is 6.92 Å². The first-order chi connectivity index (χ1) is 12.2. The Morgan fingerprint density at radius 2 is 1.96 bits per heavy atom. The number of esters is 1. The van der Waals surface area contributed by atoms with Gasteiger partial charge in [-0.3, -0.25) is 14.9 Å². The molecule has 1 heterocycles. The Balaban J connectivity index is 2.10. The molecule has 0 saturated heterocycles. The van der Waals surface area contributed by atoms with Crippen molar-refractivity contribution in [3.63, 3.8) is 0 Å². The number of anilines is 1. The summed E-state index contributed by atoms with van der Waals surface area (Å²) in [5.41, 5.74) is 0.690. The SMILES string of the molecule is COC(=O)c1cc(C)sc1NC(=O)[C@H](C)Oc1ccc([N+](=O)[O-])c(C)c1. The van der Waals surface area contributed by atoms with Crippen LogP contribution in [0.1, 0.15) is 27.7 Å². The molecule has 0 bridgehead atoms. The molecular formula is C17H18N2O6S. The van der Waals surface area contributed by atoms with Crippen molar-refractivity contribution in [2.45, 2.75) is 26.9 Å². The number of thiophene rings is 1. The number of rotatable bonds is 6. The second-order valence-electron chi connectivity index (χ2n) is 5.55. The van der Waals surface area contributed by atoms with Crippen LogP contribution in [0.2, 0.25) is 0 Å². The predicted octanol–water partition coefficient (Wildman–Crippen LogP) is 3.47. The van der Waals surface area contributed by atoms with E-state index >= 15 is 0 Å². The van der Waals surface area contributed by atoms with Crippen molar-refractivity contribution in [3.8, 4) is 5.75 Å². The van der Waals surface area contributed by atoms with Crippen molar-refractivity contribution < 1.29 is 24.0 Å². The molecule has 2 aromatic rings. The lowest BCUT2D eigenvalue weighted by Gasteiger charge is -2.15. The number of nitro groups is 1. The highest BCUT2D eigenvalue weighted by molar-refractivity contribution is 7.16. The quantitative estimate of drug-likeness (QED) is 0.468. The minimum absolute atomic E-state index is 0.0220. The van der Waals surface area contributed by atoms with Crippen LogP contribution >= 0.6 is 11.3 Å². The molecule has 138 valence electrons. The average Bonchev–Trinajstić information content (AvgIpc) is 2.94. The molecule has 0 unspecified atom stereocenters. The van der Waals surface area contributed by atoms with Gasteiger partial charge < -0.3 is 14.8 Å². The highest BCUT2D eigenvalue weighted by atomic mass is 32.1. The zero-order valence-electron chi connectivity index (χ0n) is 14.7. The number of ether oxygens (including phenoxy) is 2. The van der Waals surface area contributed by atoms with E-state index in [2.05, 4.69) is 5.32 Å². The topological polar surface area (TPSA) is 108 Å². The predicted molar refractivity (Wildman–Crippen MR) is 96.9 cm³/mol. The molecule has 0 aliphatic heterocycles. The number of hydrogen-bond donors (Lipinski definition) is 1. The van der Waals surface area contributed by atoms with Crippen molar-refractivity contribution in [2.75, 3.05) is 12.4 Å². The van der Waals surface area contributed by atoms with Gasteiger partial charge in [-0.2, -0.15) is 0 Å². The number of benzene rings is 1. The molecule has 1 amide bonds. The summed E-state index contributed by atoms with van der Waals surface area (Å²) in [5.74, 6) is -0.650. The summed E-state index contributed by atoms with van der Waals surface area (Å²) in [6, 6.07) is 5.89. The van der Waals surface area contributed by atoms with Gasteiger partial charge in [-0.15, -0.1) is 11.3 Å². The maximum absolute atomic E-state index is 12.4. The molecule has 0 radical (unpaired) electrons. The molecule has 0 aliphatic rings. The standard InChI is InChI=1S/C17H18N2O6S/c1-9-7-12(5-6-14(9)19(22)23)25-11(3)15(20)18-16-13(17(21)24-4)8-10(2)26-16/h5-8,11H,1-4H3,(H,18,20)/t11-/m0/s1. The Labute approximate surface area is 153 Å². The van der Waals surface area contributed by atoms with Crippen LogP contribution in [-0.2, 0) is 9.53 Å². The number of amides is 1. The van der Waals surface area contributed by atoms with Crippen molar-refractivity contribution in [1.29, 1.82) is 0 Å². The second-order valence-corrected chi connectivity index (χ2v) is 6.80. The molecule has 2 rings (SSSR count). The highest BCUT2D eigenvalue weighted by Crippen LogP contribution is 2.29. The Bertz CT molecular complexity index is 861. The summed E-state index contributed by atoms with van der Waals surface area (Å²) in [5, 5.41) is 13.9. The van der Waals surface area contributed by atoms with Crippen LogP contribution in [0.3, 0.4) is 0 Å². The van der Waals surface area contributed by atoms with Gasteiger partial charge in [0.1, 0.15) is 10.8 Å². The molecule has 8 nitrogen and oxygen atoms in total. The van der Waals surface area contributed by atoms with Crippen molar-refractivity contribution in [1.82, 2.24) is 0 Å². The van der Waals surface area contributed by atoms with Crippen LogP contribution in [0.15, 0.2) is 24.3 Å². The molecule has 9 heteroatoms. The Hall–Kier alpha value is -2.94. The van der Waals surface area contributed by atoms with Crippen LogP contribution in [0.5, 0.6) is 5.75 Å². The average molecular weight is 378 g/mol. The van der Waals surface area contributed by atoms with Crippen LogP contribution < -0.4 is 10.1 Å². The van der Waals surface area contributed by atoms with Gasteiger partial charge in [0.05, 0.1) is 17.6 Å². The zero-order chi connectivity index (χ0) is 19.4. The molecule has 1 atom stereocenters. The lowest BCUT2D eigenvalue weighted by atomic mass is 10.2. The van der Waals surface area contributed by atoms with Crippen molar-refractivity contribution in [2.24, 2.45) is 0 Å². The molecule has 1 aromatic carbocycles. The molecule has 1 aromatic heterocycles. The Morgan fingerprint density at radius 3 is 2.54 bits per heavy atom. The molecule has 0 fully saturated rings. The van der Waals surface area contributed by atoms with E-state index in [4.69, 9.17) is 9.47 Å². The first kappa shape index (κ1) is 19.4. The number of hydrogen-bond acceptors (Lipinski definition) is 7. The lowest BCUT2D eigenvalue weighted by Crippen LogP contribution is -2.30. The molecule has 0 spiro atoms. The van der Waals surface area contributed by atoms with Crippen LogP contribution in [-0.4, -0.2) is 30.0 Å². The third kappa shape index (κ3) is 4.37. The van der Waals surface area contributed by atoms with E-state index in [9.17, 15) is 19.7 Å². The van der Waals surface area contributed by atoms with E-state index in [-0.39, 0.29) is 11.3 Å². The van der Waals surface area contributed by atoms with Gasteiger partial charge in [-0.05, 0) is 39.0 Å². The summed E-state index contributed by atoms with van der Waals surface area (Å²) in [6.07, 6.45) is -0.872. The molecule has 26 heavy (non-hydrogen) atoms. The van der Waals surface area contributed by atoms with Crippen LogP contribution in [0.4, 0.5) is 10.7 Å². The minimum atomic E-state index is -0.872. The normalized spacial score (nSPS) is 11.5. The summed E-state index contributed by atoms with van der Waals surface area (Å²) < 4.78 is 10.3. The number of carbonyl (C=O) groups excluding carboxylic acids is 2. The van der Waals surface area contributed by atoms with Gasteiger partial charge in [0.25, 0.3) is 11.6 Å². The van der Waals surface area contributed by atoms with E-state index in [0.717, 1.165) is 4.88 Å². The molecule has 0 aliphatic carbocycles. The number of aryl methyl sites for hydroxylation is 2. The van der Waals surface area contributed by atoms with Gasteiger partial charge in [-0.1, -0.05) is 0 Å². The smallest absolute Gasteiger partial charge is 0.340 e. The first-order valence-electron chi connectivity index (χ1n) is 7.64. The molecule has 1 N–H and O–H groups in total. The highest BCUT2D eigenvalue weighted by Gasteiger charge is 2.21. The van der Waals surface area contributed by atoms with E-state index < -0.39 is 22.9 Å². The monoisotopic (exact) mass is 378 g/mol. The molecule has 0 saturated carbocycles. The fraction of sp³-hybridized carbons (Fsp3) is 0.294. The largest absolute Gasteiger partial charge is 0.481 e. The summed E-state index contributed by atoms with van der Waals surface area (Å²) in [6.45, 7) is 4.95. The Morgan fingerprint density at radius 1 is 1.27 bits per heavy atom. The van der Waals surface area contributed by atoms with Gasteiger partial charge in [-0.25, -0.2) is 4.79 Å². The maximum atomic E-state index is 12.4. The van der Waals surface area contributed by atoms with E-state index in [1.165, 1.54) is 36.6 Å². The fourth-order valence-corrected chi connectivity index (χ4v) is 3.15. The van der Waals surface area contributed by atoms with E-state index in [1.54, 1.807) is 19.9 Å². The van der Waals surface area contributed by atoms with Gasteiger partial charge in [0.15, 0.2) is 6.10 Å².